The van der Waals surface area contributed by atoms with Crippen molar-refractivity contribution in [3.8, 4) is 0 Å². The van der Waals surface area contributed by atoms with Crippen LogP contribution in [0.4, 0.5) is 11.4 Å². The SMILES string of the molecule is COC(=O)c1ccccc1NC(=O)c1ccc(C)c(S(=O)(=O)Nc2cc(C)ccc2C)c1. The summed E-state index contributed by atoms with van der Waals surface area (Å²) in [4.78, 5) is 24.8. The van der Waals surface area contributed by atoms with Gasteiger partial charge in [-0.15, -0.1) is 0 Å². The molecule has 0 spiro atoms. The molecule has 2 N–H and O–H groups in total. The van der Waals surface area contributed by atoms with Gasteiger partial charge in [-0.3, -0.25) is 9.52 Å². The van der Waals surface area contributed by atoms with Gasteiger partial charge in [-0.05, 0) is 67.8 Å². The summed E-state index contributed by atoms with van der Waals surface area (Å²) in [5.41, 5.74) is 3.27. The van der Waals surface area contributed by atoms with E-state index in [0.29, 0.717) is 11.3 Å². The third-order valence-electron chi connectivity index (χ3n) is 4.96. The van der Waals surface area contributed by atoms with Crippen molar-refractivity contribution < 1.29 is 22.7 Å². The highest BCUT2D eigenvalue weighted by molar-refractivity contribution is 7.92. The molecular formula is C24H24N2O5S. The van der Waals surface area contributed by atoms with Gasteiger partial charge in [0.2, 0.25) is 0 Å². The summed E-state index contributed by atoms with van der Waals surface area (Å²) in [6, 6.07) is 16.3. The van der Waals surface area contributed by atoms with E-state index < -0.39 is 21.9 Å². The van der Waals surface area contributed by atoms with E-state index in [0.717, 1.165) is 11.1 Å². The topological polar surface area (TPSA) is 102 Å². The Labute approximate surface area is 187 Å². The zero-order valence-corrected chi connectivity index (χ0v) is 19.0. The first-order valence-corrected chi connectivity index (χ1v) is 11.3. The third kappa shape index (κ3) is 4.97. The van der Waals surface area contributed by atoms with Crippen LogP contribution in [0.15, 0.2) is 65.6 Å². The predicted octanol–water partition coefficient (Wildman–Crippen LogP) is 4.45. The van der Waals surface area contributed by atoms with Gasteiger partial charge in [0.1, 0.15) is 0 Å². The van der Waals surface area contributed by atoms with E-state index in [1.165, 1.54) is 25.3 Å². The van der Waals surface area contributed by atoms with E-state index in [1.807, 2.05) is 26.0 Å². The third-order valence-corrected chi connectivity index (χ3v) is 6.47. The summed E-state index contributed by atoms with van der Waals surface area (Å²) in [6.07, 6.45) is 0. The van der Waals surface area contributed by atoms with Crippen molar-refractivity contribution in [3.63, 3.8) is 0 Å². The molecule has 0 saturated carbocycles. The molecule has 0 aliphatic carbocycles. The Hall–Kier alpha value is -3.65. The first-order valence-electron chi connectivity index (χ1n) is 9.82. The smallest absolute Gasteiger partial charge is 0.339 e. The maximum Gasteiger partial charge on any atom is 0.339 e. The molecule has 3 rings (SSSR count). The fraction of sp³-hybridized carbons (Fsp3) is 0.167. The van der Waals surface area contributed by atoms with Gasteiger partial charge in [-0.1, -0.05) is 30.3 Å². The van der Waals surface area contributed by atoms with Gasteiger partial charge in [-0.2, -0.15) is 0 Å². The average molecular weight is 453 g/mol. The Morgan fingerprint density at radius 3 is 2.25 bits per heavy atom. The van der Waals surface area contributed by atoms with E-state index in [2.05, 4.69) is 10.0 Å². The molecule has 3 aromatic carbocycles. The second-order valence-corrected chi connectivity index (χ2v) is 9.05. The molecule has 0 aromatic heterocycles. The number of amides is 1. The van der Waals surface area contributed by atoms with Gasteiger partial charge >= 0.3 is 5.97 Å². The number of ether oxygens (including phenoxy) is 1. The number of esters is 1. The Morgan fingerprint density at radius 1 is 0.844 bits per heavy atom. The Balaban J connectivity index is 1.93. The van der Waals surface area contributed by atoms with Crippen LogP contribution in [0.25, 0.3) is 0 Å². The lowest BCUT2D eigenvalue weighted by Crippen LogP contribution is -2.18. The predicted molar refractivity (Wildman–Crippen MR) is 124 cm³/mol. The normalized spacial score (nSPS) is 11.0. The number of anilines is 2. The molecule has 1 amide bonds. The minimum Gasteiger partial charge on any atom is -0.465 e. The van der Waals surface area contributed by atoms with Crippen LogP contribution in [0.3, 0.4) is 0 Å². The number of benzene rings is 3. The van der Waals surface area contributed by atoms with E-state index in [1.54, 1.807) is 37.3 Å². The molecule has 0 unspecified atom stereocenters. The standard InChI is InChI=1S/C24H24N2O5S/c1-15-9-10-16(2)21(13-15)26-32(29,30)22-14-18(12-11-17(22)3)23(27)25-20-8-6-5-7-19(20)24(28)31-4/h5-14,26H,1-4H3,(H,25,27). The van der Waals surface area contributed by atoms with Gasteiger partial charge < -0.3 is 10.1 Å². The Morgan fingerprint density at radius 2 is 1.53 bits per heavy atom. The number of aryl methyl sites for hydroxylation is 3. The number of hydrogen-bond acceptors (Lipinski definition) is 5. The number of carbonyl (C=O) groups is 2. The van der Waals surface area contributed by atoms with Crippen LogP contribution < -0.4 is 10.0 Å². The van der Waals surface area contributed by atoms with Gasteiger partial charge in [0.25, 0.3) is 15.9 Å². The zero-order valence-electron chi connectivity index (χ0n) is 18.2. The maximum absolute atomic E-state index is 13.1. The highest BCUT2D eigenvalue weighted by Gasteiger charge is 2.21. The summed E-state index contributed by atoms with van der Waals surface area (Å²) in [7, 11) is -2.69. The van der Waals surface area contributed by atoms with E-state index in [-0.39, 0.29) is 21.7 Å². The van der Waals surface area contributed by atoms with Crippen LogP contribution in [0.5, 0.6) is 0 Å². The molecule has 3 aromatic rings. The zero-order chi connectivity index (χ0) is 23.5. The van der Waals surface area contributed by atoms with E-state index >= 15 is 0 Å². The molecule has 0 aliphatic heterocycles. The number of methoxy groups -OCH3 is 1. The maximum atomic E-state index is 13.1. The highest BCUT2D eigenvalue weighted by atomic mass is 32.2. The second kappa shape index (κ2) is 9.23. The lowest BCUT2D eigenvalue weighted by atomic mass is 10.1. The summed E-state index contributed by atoms with van der Waals surface area (Å²) in [5, 5.41) is 2.65. The minimum atomic E-state index is -3.94. The van der Waals surface area contributed by atoms with Gasteiger partial charge in [0.15, 0.2) is 0 Å². The van der Waals surface area contributed by atoms with Gasteiger partial charge in [0.05, 0.1) is 28.9 Å². The van der Waals surface area contributed by atoms with Crippen LogP contribution in [-0.4, -0.2) is 27.4 Å². The van der Waals surface area contributed by atoms with Gasteiger partial charge in [0, 0.05) is 5.56 Å². The summed E-state index contributed by atoms with van der Waals surface area (Å²) in [5.74, 6) is -1.14. The van der Waals surface area contributed by atoms with E-state index in [4.69, 9.17) is 4.74 Å². The lowest BCUT2D eigenvalue weighted by Gasteiger charge is -2.14. The second-order valence-electron chi connectivity index (χ2n) is 7.40. The molecule has 0 atom stereocenters. The van der Waals surface area contributed by atoms with Crippen LogP contribution in [0.2, 0.25) is 0 Å². The van der Waals surface area contributed by atoms with Crippen molar-refractivity contribution in [2.45, 2.75) is 25.7 Å². The summed E-state index contributed by atoms with van der Waals surface area (Å²) in [6.45, 7) is 5.35. The quantitative estimate of drug-likeness (QED) is 0.538. The number of nitrogens with one attached hydrogen (secondary N) is 2. The number of rotatable bonds is 6. The van der Waals surface area contributed by atoms with Crippen LogP contribution in [-0.2, 0) is 14.8 Å². The fourth-order valence-electron chi connectivity index (χ4n) is 3.15. The number of para-hydroxylation sites is 1. The lowest BCUT2D eigenvalue weighted by molar-refractivity contribution is 0.0602. The van der Waals surface area contributed by atoms with Gasteiger partial charge in [-0.25, -0.2) is 13.2 Å². The number of carbonyl (C=O) groups excluding carboxylic acids is 2. The Kier molecular flexibility index (Phi) is 6.64. The number of sulfonamides is 1. The molecule has 0 bridgehead atoms. The van der Waals surface area contributed by atoms with E-state index in [9.17, 15) is 18.0 Å². The first-order chi connectivity index (χ1) is 15.1. The van der Waals surface area contributed by atoms with Crippen molar-refractivity contribution in [1.82, 2.24) is 0 Å². The number of hydrogen-bond donors (Lipinski definition) is 2. The first kappa shape index (κ1) is 23.0. The molecule has 0 saturated heterocycles. The highest BCUT2D eigenvalue weighted by Crippen LogP contribution is 2.25. The fourth-order valence-corrected chi connectivity index (χ4v) is 4.54. The average Bonchev–Trinajstić information content (AvgIpc) is 2.76. The molecule has 8 heteroatoms. The minimum absolute atomic E-state index is 0.00712. The van der Waals surface area contributed by atoms with Crippen molar-refractivity contribution in [2.24, 2.45) is 0 Å². The van der Waals surface area contributed by atoms with Crippen molar-refractivity contribution >= 4 is 33.3 Å². The molecule has 0 fully saturated rings. The molecule has 166 valence electrons. The van der Waals surface area contributed by atoms with Crippen LogP contribution in [0, 0.1) is 20.8 Å². The van der Waals surface area contributed by atoms with Crippen molar-refractivity contribution in [3.05, 3.63) is 88.5 Å². The van der Waals surface area contributed by atoms with Crippen molar-refractivity contribution in [1.29, 1.82) is 0 Å². The molecule has 0 heterocycles. The summed E-state index contributed by atoms with van der Waals surface area (Å²) >= 11 is 0. The largest absolute Gasteiger partial charge is 0.465 e. The van der Waals surface area contributed by atoms with Crippen LogP contribution in [0.1, 0.15) is 37.4 Å². The van der Waals surface area contributed by atoms with Crippen molar-refractivity contribution in [2.75, 3.05) is 17.1 Å². The molecule has 0 radical (unpaired) electrons. The molecule has 7 nitrogen and oxygen atoms in total. The Bertz CT molecular complexity index is 1300. The summed E-state index contributed by atoms with van der Waals surface area (Å²) < 4.78 is 33.5. The molecular weight excluding hydrogens is 428 g/mol. The molecule has 32 heavy (non-hydrogen) atoms. The monoisotopic (exact) mass is 452 g/mol. The molecule has 0 aliphatic rings. The van der Waals surface area contributed by atoms with Crippen LogP contribution >= 0.6 is 0 Å².